The number of rotatable bonds is 7. The zero-order valence-corrected chi connectivity index (χ0v) is 25.4. The summed E-state index contributed by atoms with van der Waals surface area (Å²) in [7, 11) is 0. The molecule has 4 aliphatic carbocycles. The highest BCUT2D eigenvalue weighted by molar-refractivity contribution is 5.85. The fourth-order valence-electron chi connectivity index (χ4n) is 9.65. The summed E-state index contributed by atoms with van der Waals surface area (Å²) in [4.78, 5) is 10.00. The Bertz CT molecular complexity index is 1130. The van der Waals surface area contributed by atoms with Crippen LogP contribution in [0.15, 0.2) is 53.5 Å². The second-order valence-corrected chi connectivity index (χ2v) is 14.0. The molecule has 1 aliphatic heterocycles. The van der Waals surface area contributed by atoms with Gasteiger partial charge in [0.2, 0.25) is 0 Å². The Hall–Kier alpha value is -1.98. The summed E-state index contributed by atoms with van der Waals surface area (Å²) in [5, 5.41) is 4.64. The average molecular weight is 547 g/mol. The molecular weight excluding hydrogens is 496 g/mol. The molecule has 40 heavy (non-hydrogen) atoms. The average Bonchev–Trinajstić information content (AvgIpc) is 3.32. The van der Waals surface area contributed by atoms with E-state index in [1.54, 1.807) is 11.8 Å². The molecule has 6 rings (SSSR count). The van der Waals surface area contributed by atoms with Crippen LogP contribution >= 0.6 is 0 Å². The first-order valence-corrected chi connectivity index (χ1v) is 16.1. The van der Waals surface area contributed by atoms with Gasteiger partial charge in [-0.25, -0.2) is 0 Å². The molecule has 0 radical (unpaired) electrons. The number of nitrogens with zero attached hydrogens (tertiary/aromatic N) is 2. The minimum absolute atomic E-state index is 0.184. The molecule has 0 bridgehead atoms. The van der Waals surface area contributed by atoms with Gasteiger partial charge in [0.25, 0.3) is 0 Å². The molecule has 0 aromatic carbocycles. The van der Waals surface area contributed by atoms with E-state index in [4.69, 9.17) is 14.3 Å². The summed E-state index contributed by atoms with van der Waals surface area (Å²) in [6, 6.07) is 3.99. The zero-order valence-electron chi connectivity index (χ0n) is 25.4. The Kier molecular flexibility index (Phi) is 8.00. The molecular formula is C35H50N2O3. The topological polar surface area (TPSA) is 52.9 Å². The minimum atomic E-state index is -0.184. The molecule has 1 aromatic heterocycles. The second kappa shape index (κ2) is 11.4. The minimum Gasteiger partial charge on any atom is -0.391 e. The summed E-state index contributed by atoms with van der Waals surface area (Å²) in [6.07, 6.45) is 22.0. The van der Waals surface area contributed by atoms with Crippen LogP contribution in [0.2, 0.25) is 0 Å². The standard InChI is InChI=1S/C35H50N2O3/c1-6-32-23(2)9-14-33(40-32)39-27-15-17-34(4)26(20-27)10-11-28-30-13-12-29(35(30,5)18-16-31(28)34)24(3)37-38-22-25-8-7-19-36-21-25/h7-10,14,19,21,23,27-33H,6,11-13,15-18,20,22H2,1-5H3/b37-24+/t23-,27?,28?,29+,30?,31?,32+,33?,34-,35+/m0/s1. The molecule has 5 unspecified atom stereocenters. The van der Waals surface area contributed by atoms with Crippen molar-refractivity contribution in [3.63, 3.8) is 0 Å². The maximum absolute atomic E-state index is 6.55. The van der Waals surface area contributed by atoms with Gasteiger partial charge in [-0.1, -0.05) is 56.6 Å². The Morgan fingerprint density at radius 1 is 1.12 bits per heavy atom. The van der Waals surface area contributed by atoms with E-state index < -0.39 is 0 Å². The van der Waals surface area contributed by atoms with Crippen LogP contribution in [0.3, 0.4) is 0 Å². The first-order chi connectivity index (χ1) is 19.3. The highest BCUT2D eigenvalue weighted by Gasteiger charge is 2.59. The van der Waals surface area contributed by atoms with E-state index in [0.29, 0.717) is 29.3 Å². The molecule has 3 fully saturated rings. The SMILES string of the molecule is CC[C@H]1OC(OC2CC[C@@]3(C)C(=CCC4C3CC[C@@]3(C)C4CC[C@@H]3/C(C)=N/OCc3cccnc3)C2)C=C[C@@H]1C. The van der Waals surface area contributed by atoms with Gasteiger partial charge in [-0.05, 0) is 105 Å². The van der Waals surface area contributed by atoms with Gasteiger partial charge < -0.3 is 14.3 Å². The fourth-order valence-corrected chi connectivity index (χ4v) is 9.65. The molecule has 5 nitrogen and oxygen atoms in total. The zero-order chi connectivity index (χ0) is 27.9. The fraction of sp³-hybridized carbons (Fsp3) is 0.714. The number of hydrogen-bond acceptors (Lipinski definition) is 5. The molecule has 5 aliphatic rings. The Balaban J connectivity index is 1.11. The third-order valence-electron chi connectivity index (χ3n) is 11.9. The first kappa shape index (κ1) is 28.2. The van der Waals surface area contributed by atoms with Gasteiger partial charge >= 0.3 is 0 Å². The van der Waals surface area contributed by atoms with E-state index in [-0.39, 0.29) is 18.5 Å². The van der Waals surface area contributed by atoms with Crippen LogP contribution in [0.4, 0.5) is 0 Å². The van der Waals surface area contributed by atoms with Crippen molar-refractivity contribution < 1.29 is 14.3 Å². The molecule has 218 valence electrons. The molecule has 0 N–H and O–H groups in total. The third kappa shape index (κ3) is 5.11. The van der Waals surface area contributed by atoms with Crippen LogP contribution < -0.4 is 0 Å². The predicted molar refractivity (Wildman–Crippen MR) is 159 cm³/mol. The van der Waals surface area contributed by atoms with Crippen molar-refractivity contribution in [1.82, 2.24) is 4.98 Å². The van der Waals surface area contributed by atoms with E-state index in [2.05, 4.69) is 63.0 Å². The van der Waals surface area contributed by atoms with Crippen molar-refractivity contribution in [3.8, 4) is 0 Å². The van der Waals surface area contributed by atoms with E-state index in [9.17, 15) is 0 Å². The van der Waals surface area contributed by atoms with E-state index in [0.717, 1.165) is 42.6 Å². The number of pyridine rings is 1. The van der Waals surface area contributed by atoms with Crippen molar-refractivity contribution in [2.75, 3.05) is 0 Å². The number of oxime groups is 1. The Labute approximate surface area is 241 Å². The smallest absolute Gasteiger partial charge is 0.177 e. The summed E-state index contributed by atoms with van der Waals surface area (Å²) in [5.41, 5.74) is 4.57. The number of fused-ring (bicyclic) bond motifs is 5. The van der Waals surface area contributed by atoms with Crippen molar-refractivity contribution in [2.45, 2.75) is 118 Å². The van der Waals surface area contributed by atoms with Crippen molar-refractivity contribution in [3.05, 3.63) is 53.9 Å². The van der Waals surface area contributed by atoms with E-state index in [1.165, 1.54) is 44.2 Å². The van der Waals surface area contributed by atoms with Gasteiger partial charge in [0.05, 0.1) is 17.9 Å². The third-order valence-corrected chi connectivity index (χ3v) is 11.9. The summed E-state index contributed by atoms with van der Waals surface area (Å²) >= 11 is 0. The highest BCUT2D eigenvalue weighted by Crippen LogP contribution is 2.66. The molecule has 0 amide bonds. The van der Waals surface area contributed by atoms with Crippen LogP contribution in [-0.2, 0) is 20.9 Å². The van der Waals surface area contributed by atoms with Crippen LogP contribution in [0.1, 0.15) is 98.0 Å². The Morgan fingerprint density at radius 2 is 2.00 bits per heavy atom. The molecule has 1 aromatic rings. The molecule has 2 heterocycles. The summed E-state index contributed by atoms with van der Waals surface area (Å²) in [5.74, 6) is 3.35. The highest BCUT2D eigenvalue weighted by atomic mass is 16.7. The largest absolute Gasteiger partial charge is 0.391 e. The molecule has 3 saturated carbocycles. The van der Waals surface area contributed by atoms with Crippen LogP contribution in [-0.4, -0.2) is 29.2 Å². The van der Waals surface area contributed by atoms with Gasteiger partial charge in [-0.3, -0.25) is 4.98 Å². The van der Waals surface area contributed by atoms with Gasteiger partial charge in [0.15, 0.2) is 6.29 Å². The quantitative estimate of drug-likeness (QED) is 0.196. The van der Waals surface area contributed by atoms with E-state index >= 15 is 0 Å². The lowest BCUT2D eigenvalue weighted by Crippen LogP contribution is -2.51. The Morgan fingerprint density at radius 3 is 2.80 bits per heavy atom. The number of aromatic nitrogens is 1. The summed E-state index contributed by atoms with van der Waals surface area (Å²) in [6.45, 7) is 12.3. The lowest BCUT2D eigenvalue weighted by molar-refractivity contribution is -0.188. The normalized spacial score (nSPS) is 42.9. The number of allylic oxidation sites excluding steroid dienone is 1. The molecule has 0 saturated heterocycles. The maximum Gasteiger partial charge on any atom is 0.177 e. The molecule has 0 spiro atoms. The van der Waals surface area contributed by atoms with Crippen LogP contribution in [0.25, 0.3) is 0 Å². The maximum atomic E-state index is 6.55. The van der Waals surface area contributed by atoms with Crippen LogP contribution in [0, 0.1) is 40.4 Å². The van der Waals surface area contributed by atoms with Crippen molar-refractivity contribution >= 4 is 5.71 Å². The van der Waals surface area contributed by atoms with Gasteiger partial charge in [0.1, 0.15) is 6.61 Å². The molecule has 10 atom stereocenters. The van der Waals surface area contributed by atoms with Crippen LogP contribution in [0.5, 0.6) is 0 Å². The second-order valence-electron chi connectivity index (χ2n) is 14.0. The van der Waals surface area contributed by atoms with Crippen molar-refractivity contribution in [2.24, 2.45) is 45.6 Å². The van der Waals surface area contributed by atoms with Crippen molar-refractivity contribution in [1.29, 1.82) is 0 Å². The monoisotopic (exact) mass is 546 g/mol. The lowest BCUT2D eigenvalue weighted by Gasteiger charge is -2.58. The number of hydrogen-bond donors (Lipinski definition) is 0. The van der Waals surface area contributed by atoms with Gasteiger partial charge in [0, 0.05) is 29.8 Å². The van der Waals surface area contributed by atoms with Gasteiger partial charge in [-0.2, -0.15) is 0 Å². The molecule has 5 heteroatoms. The van der Waals surface area contributed by atoms with E-state index in [1.807, 2.05) is 18.3 Å². The first-order valence-electron chi connectivity index (χ1n) is 16.1. The number of ether oxygens (including phenoxy) is 2. The lowest BCUT2D eigenvalue weighted by atomic mass is 9.47. The van der Waals surface area contributed by atoms with Gasteiger partial charge in [-0.15, -0.1) is 0 Å². The summed E-state index contributed by atoms with van der Waals surface area (Å²) < 4.78 is 12.8. The predicted octanol–water partition coefficient (Wildman–Crippen LogP) is 8.27.